The molecule has 112 valence electrons. The van der Waals surface area contributed by atoms with E-state index >= 15 is 0 Å². The molecular formula is C12H18N2O5S. The summed E-state index contributed by atoms with van der Waals surface area (Å²) in [4.78, 5) is 10.0. The molecule has 0 atom stereocenters. The van der Waals surface area contributed by atoms with Crippen LogP contribution in [-0.2, 0) is 14.8 Å². The van der Waals surface area contributed by atoms with Crippen LogP contribution in [0.3, 0.4) is 0 Å². The minimum Gasteiger partial charge on any atom is -0.382 e. The lowest BCUT2D eigenvalue weighted by molar-refractivity contribution is -0.385. The number of rotatable bonds is 8. The zero-order chi connectivity index (χ0) is 15.2. The number of hydrogen-bond donors (Lipinski definition) is 1. The molecule has 7 nitrogen and oxygen atoms in total. The fourth-order valence-corrected chi connectivity index (χ4v) is 2.93. The number of hydrogen-bond acceptors (Lipinski definition) is 5. The van der Waals surface area contributed by atoms with Gasteiger partial charge in [-0.1, -0.05) is 6.07 Å². The molecule has 1 N–H and O–H groups in total. The van der Waals surface area contributed by atoms with Crippen LogP contribution in [0.4, 0.5) is 5.69 Å². The fraction of sp³-hybridized carbons (Fsp3) is 0.500. The third-order valence-corrected chi connectivity index (χ3v) is 4.24. The number of aryl methyl sites for hydroxylation is 1. The molecule has 0 spiro atoms. The van der Waals surface area contributed by atoms with Gasteiger partial charge in [0.1, 0.15) is 0 Å². The van der Waals surface area contributed by atoms with E-state index in [9.17, 15) is 18.5 Å². The van der Waals surface area contributed by atoms with Gasteiger partial charge in [-0.25, -0.2) is 13.1 Å². The summed E-state index contributed by atoms with van der Waals surface area (Å²) in [5.41, 5.74) is 0.221. The normalized spacial score (nSPS) is 11.5. The molecule has 0 amide bonds. The van der Waals surface area contributed by atoms with Crippen molar-refractivity contribution >= 4 is 15.7 Å². The second kappa shape index (κ2) is 7.32. The van der Waals surface area contributed by atoms with Crippen LogP contribution in [0.1, 0.15) is 18.9 Å². The van der Waals surface area contributed by atoms with Gasteiger partial charge in [0.05, 0.1) is 9.82 Å². The Morgan fingerprint density at radius 3 is 2.70 bits per heavy atom. The Balaban J connectivity index is 2.81. The summed E-state index contributed by atoms with van der Waals surface area (Å²) in [5.74, 6) is 0. The van der Waals surface area contributed by atoms with E-state index in [-0.39, 0.29) is 17.1 Å². The Kier molecular flexibility index (Phi) is 6.05. The Bertz CT molecular complexity index is 571. The summed E-state index contributed by atoms with van der Waals surface area (Å²) >= 11 is 0. The van der Waals surface area contributed by atoms with Crippen LogP contribution in [0, 0.1) is 17.0 Å². The van der Waals surface area contributed by atoms with Crippen molar-refractivity contribution in [2.24, 2.45) is 0 Å². The standard InChI is InChI=1S/C12H18N2O5S/c1-3-19-8-4-7-13-20(17,18)12-9-11(14(15)16)6-5-10(12)2/h5-6,9,13H,3-4,7-8H2,1-2H3. The number of benzene rings is 1. The number of nitrogens with one attached hydrogen (secondary N) is 1. The minimum atomic E-state index is -3.74. The molecule has 0 aliphatic rings. The van der Waals surface area contributed by atoms with E-state index < -0.39 is 14.9 Å². The number of sulfonamides is 1. The summed E-state index contributed by atoms with van der Waals surface area (Å²) in [6.45, 7) is 4.73. The monoisotopic (exact) mass is 302 g/mol. The van der Waals surface area contributed by atoms with Gasteiger partial charge in [-0.15, -0.1) is 0 Å². The van der Waals surface area contributed by atoms with Gasteiger partial charge in [0.2, 0.25) is 10.0 Å². The fourth-order valence-electron chi connectivity index (χ4n) is 1.59. The number of nitrogens with zero attached hydrogens (tertiary/aromatic N) is 1. The number of nitro groups is 1. The van der Waals surface area contributed by atoms with Crippen molar-refractivity contribution in [3.8, 4) is 0 Å². The van der Waals surface area contributed by atoms with Crippen molar-refractivity contribution < 1.29 is 18.1 Å². The molecule has 0 bridgehead atoms. The average molecular weight is 302 g/mol. The topological polar surface area (TPSA) is 98.5 Å². The van der Waals surface area contributed by atoms with E-state index in [2.05, 4.69) is 4.72 Å². The van der Waals surface area contributed by atoms with Crippen LogP contribution in [0.15, 0.2) is 23.1 Å². The first-order chi connectivity index (χ1) is 9.38. The van der Waals surface area contributed by atoms with Crippen LogP contribution in [0.5, 0.6) is 0 Å². The van der Waals surface area contributed by atoms with Crippen LogP contribution >= 0.6 is 0 Å². The minimum absolute atomic E-state index is 0.0666. The van der Waals surface area contributed by atoms with Crippen LogP contribution < -0.4 is 4.72 Å². The molecule has 1 rings (SSSR count). The van der Waals surface area contributed by atoms with Crippen molar-refractivity contribution in [2.45, 2.75) is 25.2 Å². The SMILES string of the molecule is CCOCCCNS(=O)(=O)c1cc([N+](=O)[O-])ccc1C. The molecule has 0 aliphatic carbocycles. The highest BCUT2D eigenvalue weighted by Gasteiger charge is 2.19. The highest BCUT2D eigenvalue weighted by molar-refractivity contribution is 7.89. The van der Waals surface area contributed by atoms with E-state index in [1.807, 2.05) is 6.92 Å². The van der Waals surface area contributed by atoms with E-state index in [1.165, 1.54) is 12.1 Å². The summed E-state index contributed by atoms with van der Waals surface area (Å²) in [6, 6.07) is 3.77. The maximum atomic E-state index is 12.1. The molecule has 0 heterocycles. The molecule has 0 aromatic heterocycles. The zero-order valence-corrected chi connectivity index (χ0v) is 12.3. The second-order valence-electron chi connectivity index (χ2n) is 4.16. The predicted octanol–water partition coefficient (Wildman–Crippen LogP) is 1.61. The smallest absolute Gasteiger partial charge is 0.270 e. The van der Waals surface area contributed by atoms with Crippen molar-refractivity contribution in [3.05, 3.63) is 33.9 Å². The maximum Gasteiger partial charge on any atom is 0.270 e. The molecule has 1 aromatic rings. The number of ether oxygens (including phenoxy) is 1. The van der Waals surface area contributed by atoms with E-state index in [0.717, 1.165) is 6.07 Å². The molecule has 0 radical (unpaired) electrons. The lowest BCUT2D eigenvalue weighted by atomic mass is 10.2. The summed E-state index contributed by atoms with van der Waals surface area (Å²) in [7, 11) is -3.74. The van der Waals surface area contributed by atoms with Gasteiger partial charge in [0.15, 0.2) is 0 Å². The van der Waals surface area contributed by atoms with Crippen LogP contribution in [-0.4, -0.2) is 33.1 Å². The highest BCUT2D eigenvalue weighted by Crippen LogP contribution is 2.21. The molecule has 20 heavy (non-hydrogen) atoms. The average Bonchev–Trinajstić information content (AvgIpc) is 2.38. The molecule has 8 heteroatoms. The molecular weight excluding hydrogens is 284 g/mol. The third-order valence-electron chi connectivity index (χ3n) is 2.63. The Morgan fingerprint density at radius 2 is 2.10 bits per heavy atom. The van der Waals surface area contributed by atoms with Crippen molar-refractivity contribution in [1.29, 1.82) is 0 Å². The first-order valence-electron chi connectivity index (χ1n) is 6.21. The van der Waals surface area contributed by atoms with Crippen LogP contribution in [0.2, 0.25) is 0 Å². The van der Waals surface area contributed by atoms with Gasteiger partial charge in [-0.2, -0.15) is 0 Å². The first kappa shape index (κ1) is 16.5. The molecule has 0 saturated carbocycles. The Morgan fingerprint density at radius 1 is 1.40 bits per heavy atom. The highest BCUT2D eigenvalue weighted by atomic mass is 32.2. The van der Waals surface area contributed by atoms with Crippen molar-refractivity contribution in [2.75, 3.05) is 19.8 Å². The lowest BCUT2D eigenvalue weighted by Crippen LogP contribution is -2.26. The Labute approximate surface area is 118 Å². The molecule has 0 aliphatic heterocycles. The van der Waals surface area contributed by atoms with Gasteiger partial charge in [-0.05, 0) is 25.8 Å². The zero-order valence-electron chi connectivity index (χ0n) is 11.5. The van der Waals surface area contributed by atoms with Crippen molar-refractivity contribution in [1.82, 2.24) is 4.72 Å². The summed E-state index contributed by atoms with van der Waals surface area (Å²) < 4.78 is 31.7. The second-order valence-corrected chi connectivity index (χ2v) is 5.89. The summed E-state index contributed by atoms with van der Waals surface area (Å²) in [5, 5.41) is 10.7. The molecule has 0 fully saturated rings. The lowest BCUT2D eigenvalue weighted by Gasteiger charge is -2.09. The van der Waals surface area contributed by atoms with Gasteiger partial charge >= 0.3 is 0 Å². The van der Waals surface area contributed by atoms with Crippen molar-refractivity contribution in [3.63, 3.8) is 0 Å². The van der Waals surface area contributed by atoms with E-state index in [1.54, 1.807) is 6.92 Å². The first-order valence-corrected chi connectivity index (χ1v) is 7.69. The van der Waals surface area contributed by atoms with Crippen LogP contribution in [0.25, 0.3) is 0 Å². The van der Waals surface area contributed by atoms with Gasteiger partial charge < -0.3 is 4.74 Å². The number of non-ortho nitro benzene ring substituents is 1. The van der Waals surface area contributed by atoms with E-state index in [0.29, 0.717) is 25.2 Å². The largest absolute Gasteiger partial charge is 0.382 e. The Hall–Kier alpha value is -1.51. The maximum absolute atomic E-state index is 12.1. The number of nitro benzene ring substituents is 1. The van der Waals surface area contributed by atoms with Gasteiger partial charge in [-0.3, -0.25) is 10.1 Å². The molecule has 1 aromatic carbocycles. The van der Waals surface area contributed by atoms with Gasteiger partial charge in [0, 0.05) is 31.9 Å². The third kappa shape index (κ3) is 4.55. The summed E-state index contributed by atoms with van der Waals surface area (Å²) in [6.07, 6.45) is 0.543. The quantitative estimate of drug-likeness (QED) is 0.447. The van der Waals surface area contributed by atoms with E-state index in [4.69, 9.17) is 4.74 Å². The van der Waals surface area contributed by atoms with Gasteiger partial charge in [0.25, 0.3) is 5.69 Å². The molecule has 0 saturated heterocycles. The molecule has 0 unspecified atom stereocenters. The predicted molar refractivity (Wildman–Crippen MR) is 74.1 cm³/mol.